The minimum atomic E-state index is 0.0259. The number of hydrogen-bond donors (Lipinski definition) is 2. The molecule has 0 fully saturated rings. The van der Waals surface area contributed by atoms with E-state index in [4.69, 9.17) is 26.2 Å². The summed E-state index contributed by atoms with van der Waals surface area (Å²) < 4.78 is 10.4. The quantitative estimate of drug-likeness (QED) is 0.606. The van der Waals surface area contributed by atoms with Crippen molar-refractivity contribution < 1.29 is 14.6 Å². The Morgan fingerprint density at radius 3 is 2.90 bits per heavy atom. The predicted octanol–water partition coefficient (Wildman–Crippen LogP) is 2.32. The van der Waals surface area contributed by atoms with Crippen LogP contribution >= 0.6 is 11.6 Å². The zero-order valence-electron chi connectivity index (χ0n) is 11.2. The van der Waals surface area contributed by atoms with Gasteiger partial charge in [-0.25, -0.2) is 4.98 Å². The lowest BCUT2D eigenvalue weighted by Gasteiger charge is -2.10. The van der Waals surface area contributed by atoms with Crippen LogP contribution in [-0.2, 0) is 4.74 Å². The van der Waals surface area contributed by atoms with Gasteiger partial charge in [-0.3, -0.25) is 0 Å². The van der Waals surface area contributed by atoms with E-state index >= 15 is 0 Å². The van der Waals surface area contributed by atoms with Gasteiger partial charge < -0.3 is 19.9 Å². The second-order valence-electron chi connectivity index (χ2n) is 4.14. The molecule has 2 N–H and O–H groups in total. The van der Waals surface area contributed by atoms with Crippen molar-refractivity contribution in [1.29, 1.82) is 0 Å². The summed E-state index contributed by atoms with van der Waals surface area (Å²) in [5.74, 6) is 1.49. The van der Waals surface area contributed by atoms with Gasteiger partial charge >= 0.3 is 0 Å². The molecule has 0 bridgehead atoms. The number of benzene rings is 1. The summed E-state index contributed by atoms with van der Waals surface area (Å²) in [6.45, 7) is 1.45. The van der Waals surface area contributed by atoms with Crippen LogP contribution in [0.1, 0.15) is 0 Å². The average Bonchev–Trinajstić information content (AvgIpc) is 2.46. The van der Waals surface area contributed by atoms with Gasteiger partial charge in [0.1, 0.15) is 16.7 Å². The fraction of sp³-hybridized carbons (Fsp3) is 0.357. The fourth-order valence-corrected chi connectivity index (χ4v) is 2.08. The van der Waals surface area contributed by atoms with Crippen LogP contribution in [-0.4, -0.2) is 43.6 Å². The molecule has 1 aromatic carbocycles. The van der Waals surface area contributed by atoms with E-state index in [1.54, 1.807) is 13.2 Å². The van der Waals surface area contributed by atoms with Crippen molar-refractivity contribution >= 4 is 28.2 Å². The van der Waals surface area contributed by atoms with Crippen LogP contribution in [0.5, 0.6) is 5.75 Å². The number of methoxy groups -OCH3 is 1. The van der Waals surface area contributed by atoms with Crippen molar-refractivity contribution in [3.8, 4) is 5.75 Å². The smallest absolute Gasteiger partial charge is 0.135 e. The third-order valence-corrected chi connectivity index (χ3v) is 2.98. The van der Waals surface area contributed by atoms with E-state index in [-0.39, 0.29) is 6.61 Å². The molecule has 0 amide bonds. The van der Waals surface area contributed by atoms with E-state index < -0.39 is 0 Å². The molecule has 2 aromatic rings. The topological polar surface area (TPSA) is 63.6 Å². The summed E-state index contributed by atoms with van der Waals surface area (Å²) in [6, 6.07) is 7.53. The predicted molar refractivity (Wildman–Crippen MR) is 79.7 cm³/mol. The van der Waals surface area contributed by atoms with Crippen LogP contribution in [0, 0.1) is 0 Å². The molecule has 0 saturated heterocycles. The molecule has 1 heterocycles. The maximum atomic E-state index is 8.62. The normalized spacial score (nSPS) is 10.8. The van der Waals surface area contributed by atoms with Crippen LogP contribution in [0.15, 0.2) is 24.3 Å². The van der Waals surface area contributed by atoms with Gasteiger partial charge in [-0.15, -0.1) is 0 Å². The van der Waals surface area contributed by atoms with Gasteiger partial charge in [0, 0.05) is 11.9 Å². The molecular weight excluding hydrogens is 280 g/mol. The fourth-order valence-electron chi connectivity index (χ4n) is 1.87. The number of nitrogens with zero attached hydrogens (tertiary/aromatic N) is 1. The molecule has 1 aromatic heterocycles. The van der Waals surface area contributed by atoms with E-state index in [0.29, 0.717) is 30.7 Å². The van der Waals surface area contributed by atoms with Crippen LogP contribution in [0.2, 0.25) is 5.15 Å². The average molecular weight is 297 g/mol. The second-order valence-corrected chi connectivity index (χ2v) is 4.53. The summed E-state index contributed by atoms with van der Waals surface area (Å²) in [5, 5.41) is 14.2. The maximum absolute atomic E-state index is 8.62. The Hall–Kier alpha value is -1.56. The van der Waals surface area contributed by atoms with Crippen LogP contribution < -0.4 is 10.1 Å². The van der Waals surface area contributed by atoms with E-state index in [1.165, 1.54) is 0 Å². The molecule has 5 nitrogen and oxygen atoms in total. The first-order valence-electron chi connectivity index (χ1n) is 6.31. The van der Waals surface area contributed by atoms with Crippen molar-refractivity contribution in [1.82, 2.24) is 4.98 Å². The molecule has 0 atom stereocenters. The van der Waals surface area contributed by atoms with Crippen LogP contribution in [0.25, 0.3) is 10.8 Å². The SMILES string of the molecule is COc1ccc2c(NCCOCCO)nc(Cl)cc2c1. The first-order chi connectivity index (χ1) is 9.74. The third kappa shape index (κ3) is 3.72. The lowest BCUT2D eigenvalue weighted by atomic mass is 10.1. The number of aliphatic hydroxyl groups is 1. The lowest BCUT2D eigenvalue weighted by Crippen LogP contribution is -2.12. The number of hydrogen-bond acceptors (Lipinski definition) is 5. The zero-order valence-corrected chi connectivity index (χ0v) is 12.0. The summed E-state index contributed by atoms with van der Waals surface area (Å²) in [7, 11) is 1.63. The van der Waals surface area contributed by atoms with Crippen LogP contribution in [0.4, 0.5) is 5.82 Å². The highest BCUT2D eigenvalue weighted by atomic mass is 35.5. The molecule has 108 valence electrons. The van der Waals surface area contributed by atoms with E-state index in [2.05, 4.69) is 10.3 Å². The standard InChI is InChI=1S/C14H17ClN2O3/c1-19-11-2-3-12-10(8-11)9-13(15)17-14(12)16-4-6-20-7-5-18/h2-3,8-9,18H,4-7H2,1H3,(H,16,17). The van der Waals surface area contributed by atoms with Crippen LogP contribution in [0.3, 0.4) is 0 Å². The summed E-state index contributed by atoms with van der Waals surface area (Å²) >= 11 is 6.03. The highest BCUT2D eigenvalue weighted by molar-refractivity contribution is 6.30. The number of aromatic nitrogens is 1. The molecule has 0 aliphatic heterocycles. The Bertz CT molecular complexity index is 578. The Balaban J connectivity index is 2.15. The maximum Gasteiger partial charge on any atom is 0.135 e. The highest BCUT2D eigenvalue weighted by Crippen LogP contribution is 2.28. The molecule has 0 spiro atoms. The monoisotopic (exact) mass is 296 g/mol. The lowest BCUT2D eigenvalue weighted by molar-refractivity contribution is 0.0992. The molecule has 0 aliphatic rings. The third-order valence-electron chi connectivity index (χ3n) is 2.78. The van der Waals surface area contributed by atoms with E-state index in [1.807, 2.05) is 18.2 Å². The number of fused-ring (bicyclic) bond motifs is 1. The zero-order chi connectivity index (χ0) is 14.4. The number of aliphatic hydroxyl groups excluding tert-OH is 1. The molecule has 20 heavy (non-hydrogen) atoms. The van der Waals surface area contributed by atoms with E-state index in [0.717, 1.165) is 16.5 Å². The Kier molecular flexibility index (Phi) is 5.40. The van der Waals surface area contributed by atoms with Gasteiger partial charge in [-0.2, -0.15) is 0 Å². The number of rotatable bonds is 7. The van der Waals surface area contributed by atoms with Crippen molar-refractivity contribution in [2.45, 2.75) is 0 Å². The van der Waals surface area contributed by atoms with Gasteiger partial charge in [0.2, 0.25) is 0 Å². The first-order valence-corrected chi connectivity index (χ1v) is 6.69. The van der Waals surface area contributed by atoms with Gasteiger partial charge in [-0.05, 0) is 29.7 Å². The number of ether oxygens (including phenoxy) is 2. The Labute approximate surface area is 122 Å². The van der Waals surface area contributed by atoms with Crippen molar-refractivity contribution in [2.75, 3.05) is 38.8 Å². The Morgan fingerprint density at radius 2 is 2.15 bits per heavy atom. The first kappa shape index (κ1) is 14.8. The molecule has 6 heteroatoms. The molecule has 0 saturated carbocycles. The van der Waals surface area contributed by atoms with Gasteiger partial charge in [0.25, 0.3) is 0 Å². The minimum Gasteiger partial charge on any atom is -0.497 e. The number of pyridine rings is 1. The van der Waals surface area contributed by atoms with Gasteiger partial charge in [-0.1, -0.05) is 11.6 Å². The van der Waals surface area contributed by atoms with E-state index in [9.17, 15) is 0 Å². The molecule has 0 unspecified atom stereocenters. The largest absolute Gasteiger partial charge is 0.497 e. The number of nitrogens with one attached hydrogen (secondary N) is 1. The summed E-state index contributed by atoms with van der Waals surface area (Å²) in [5.41, 5.74) is 0. The molecular formula is C14H17ClN2O3. The number of anilines is 1. The van der Waals surface area contributed by atoms with Gasteiger partial charge in [0.15, 0.2) is 0 Å². The Morgan fingerprint density at radius 1 is 1.30 bits per heavy atom. The molecule has 0 aliphatic carbocycles. The number of halogens is 1. The summed E-state index contributed by atoms with van der Waals surface area (Å²) in [4.78, 5) is 4.28. The molecule has 0 radical (unpaired) electrons. The van der Waals surface area contributed by atoms with Crippen molar-refractivity contribution in [2.24, 2.45) is 0 Å². The summed E-state index contributed by atoms with van der Waals surface area (Å²) in [6.07, 6.45) is 0. The minimum absolute atomic E-state index is 0.0259. The van der Waals surface area contributed by atoms with Gasteiger partial charge in [0.05, 0.1) is 26.9 Å². The van der Waals surface area contributed by atoms with Crippen molar-refractivity contribution in [3.05, 3.63) is 29.4 Å². The van der Waals surface area contributed by atoms with Crippen molar-refractivity contribution in [3.63, 3.8) is 0 Å². The second kappa shape index (κ2) is 7.28. The molecule has 2 rings (SSSR count). The highest BCUT2D eigenvalue weighted by Gasteiger charge is 2.06.